The molecule has 2 heterocycles. The topological polar surface area (TPSA) is 63.5 Å². The van der Waals surface area contributed by atoms with Crippen LogP contribution in [0.2, 0.25) is 0 Å². The van der Waals surface area contributed by atoms with Gasteiger partial charge in [0.05, 0.1) is 18.2 Å². The largest absolute Gasteiger partial charge is 0.287 e. The summed E-state index contributed by atoms with van der Waals surface area (Å²) in [5.74, 6) is -0.235. The van der Waals surface area contributed by atoms with Crippen LogP contribution >= 0.6 is 11.3 Å². The van der Waals surface area contributed by atoms with E-state index < -0.39 is 0 Å². The van der Waals surface area contributed by atoms with Crippen molar-refractivity contribution >= 4 is 40.3 Å². The Labute approximate surface area is 137 Å². The first-order valence-corrected chi connectivity index (χ1v) is 7.98. The van der Waals surface area contributed by atoms with Gasteiger partial charge in [0, 0.05) is 28.9 Å². The minimum Gasteiger partial charge on any atom is -0.287 e. The molecule has 0 aliphatic heterocycles. The Kier molecular flexibility index (Phi) is 4.34. The van der Waals surface area contributed by atoms with Gasteiger partial charge in [-0.3, -0.25) is 14.2 Å². The maximum atomic E-state index is 11.8. The molecule has 2 aromatic heterocycles. The second kappa shape index (κ2) is 6.58. The van der Waals surface area contributed by atoms with E-state index in [-0.39, 0.29) is 11.8 Å². The summed E-state index contributed by atoms with van der Waals surface area (Å²) < 4.78 is 1.57. The Morgan fingerprint density at radius 1 is 1.26 bits per heavy atom. The van der Waals surface area contributed by atoms with Crippen LogP contribution in [0.25, 0.3) is 10.9 Å². The van der Waals surface area contributed by atoms with E-state index in [0.29, 0.717) is 6.42 Å². The van der Waals surface area contributed by atoms with E-state index in [2.05, 4.69) is 10.5 Å². The lowest BCUT2D eigenvalue weighted by molar-refractivity contribution is -0.120. The number of hydrogen-bond donors (Lipinski definition) is 1. The van der Waals surface area contributed by atoms with Gasteiger partial charge in [0.2, 0.25) is 11.8 Å². The molecular formula is C17H15N3O2S. The molecule has 0 saturated carbocycles. The highest BCUT2D eigenvalue weighted by molar-refractivity contribution is 7.10. The van der Waals surface area contributed by atoms with Crippen molar-refractivity contribution in [1.82, 2.24) is 9.99 Å². The molecule has 1 aromatic carbocycles. The highest BCUT2D eigenvalue weighted by Gasteiger charge is 2.09. The first kappa shape index (κ1) is 15.2. The number of aromatic nitrogens is 1. The van der Waals surface area contributed by atoms with Crippen LogP contribution in [-0.2, 0) is 11.2 Å². The number of nitrogens with one attached hydrogen (secondary N) is 1. The Bertz CT molecular complexity index is 879. The van der Waals surface area contributed by atoms with Gasteiger partial charge in [-0.1, -0.05) is 24.3 Å². The molecule has 1 N–H and O–H groups in total. The summed E-state index contributed by atoms with van der Waals surface area (Å²) in [7, 11) is 0. The number of hydrogen-bond acceptors (Lipinski definition) is 4. The number of amides is 1. The van der Waals surface area contributed by atoms with E-state index in [1.165, 1.54) is 18.3 Å². The molecule has 0 spiro atoms. The lowest BCUT2D eigenvalue weighted by Crippen LogP contribution is -2.19. The predicted octanol–water partition coefficient (Wildman–Crippen LogP) is 3.06. The standard InChI is InChI=1S/C17H15N3O2S/c1-12(21)20-11-13(15-6-2-3-7-16(15)20)10-18-19-17(22)9-14-5-4-8-23-14/h2-8,10-11H,9H2,1H3,(H,19,22)/b18-10-. The van der Waals surface area contributed by atoms with Gasteiger partial charge >= 0.3 is 0 Å². The van der Waals surface area contributed by atoms with Crippen LogP contribution in [0.4, 0.5) is 0 Å². The van der Waals surface area contributed by atoms with Gasteiger partial charge in [-0.05, 0) is 17.5 Å². The number of rotatable bonds is 4. The Morgan fingerprint density at radius 3 is 2.83 bits per heavy atom. The fraction of sp³-hybridized carbons (Fsp3) is 0.118. The van der Waals surface area contributed by atoms with Gasteiger partial charge in [-0.25, -0.2) is 5.43 Å². The van der Waals surface area contributed by atoms with Crippen molar-refractivity contribution in [1.29, 1.82) is 0 Å². The zero-order valence-corrected chi connectivity index (χ0v) is 13.3. The number of hydrazone groups is 1. The number of nitrogens with zero attached hydrogens (tertiary/aromatic N) is 2. The molecule has 0 saturated heterocycles. The molecule has 0 fully saturated rings. The van der Waals surface area contributed by atoms with E-state index in [9.17, 15) is 9.59 Å². The van der Waals surface area contributed by atoms with Crippen molar-refractivity contribution in [2.24, 2.45) is 5.10 Å². The highest BCUT2D eigenvalue weighted by Crippen LogP contribution is 2.19. The first-order valence-electron chi connectivity index (χ1n) is 7.10. The average Bonchev–Trinajstić information content (AvgIpc) is 3.15. The van der Waals surface area contributed by atoms with Crippen LogP contribution in [-0.4, -0.2) is 22.6 Å². The van der Waals surface area contributed by atoms with Crippen molar-refractivity contribution in [2.75, 3.05) is 0 Å². The van der Waals surface area contributed by atoms with Crippen molar-refractivity contribution in [3.05, 3.63) is 58.4 Å². The van der Waals surface area contributed by atoms with Crippen LogP contribution in [0.5, 0.6) is 0 Å². The molecule has 5 nitrogen and oxygen atoms in total. The molecule has 3 aromatic rings. The first-order chi connectivity index (χ1) is 11.1. The maximum Gasteiger partial charge on any atom is 0.245 e. The highest BCUT2D eigenvalue weighted by atomic mass is 32.1. The fourth-order valence-electron chi connectivity index (χ4n) is 2.35. The number of benzene rings is 1. The van der Waals surface area contributed by atoms with Gasteiger partial charge in [0.1, 0.15) is 0 Å². The third-order valence-corrected chi connectivity index (χ3v) is 4.27. The van der Waals surface area contributed by atoms with Gasteiger partial charge < -0.3 is 0 Å². The van der Waals surface area contributed by atoms with Crippen LogP contribution in [0, 0.1) is 0 Å². The van der Waals surface area contributed by atoms with Crippen LogP contribution in [0.1, 0.15) is 22.2 Å². The van der Waals surface area contributed by atoms with E-state index in [4.69, 9.17) is 0 Å². The number of para-hydroxylation sites is 1. The lowest BCUT2D eigenvalue weighted by Gasteiger charge is -1.97. The predicted molar refractivity (Wildman–Crippen MR) is 92.0 cm³/mol. The zero-order valence-electron chi connectivity index (χ0n) is 12.5. The lowest BCUT2D eigenvalue weighted by atomic mass is 10.2. The summed E-state index contributed by atoms with van der Waals surface area (Å²) in [5, 5.41) is 6.85. The molecule has 0 aliphatic carbocycles. The summed E-state index contributed by atoms with van der Waals surface area (Å²) in [5.41, 5.74) is 4.13. The number of carbonyl (C=O) groups is 2. The zero-order chi connectivity index (χ0) is 16.2. The molecule has 0 bridgehead atoms. The Morgan fingerprint density at radius 2 is 2.09 bits per heavy atom. The van der Waals surface area contributed by atoms with Gasteiger partial charge in [0.15, 0.2) is 0 Å². The maximum absolute atomic E-state index is 11.8. The fourth-order valence-corrected chi connectivity index (χ4v) is 3.06. The molecule has 0 aliphatic rings. The number of carbonyl (C=O) groups excluding carboxylic acids is 2. The summed E-state index contributed by atoms with van der Waals surface area (Å²) in [6, 6.07) is 11.4. The second-order valence-corrected chi connectivity index (χ2v) is 6.07. The van der Waals surface area contributed by atoms with E-state index in [1.54, 1.807) is 17.0 Å². The third kappa shape index (κ3) is 3.37. The number of fused-ring (bicyclic) bond motifs is 1. The van der Waals surface area contributed by atoms with Crippen LogP contribution in [0.15, 0.2) is 53.1 Å². The summed E-state index contributed by atoms with van der Waals surface area (Å²) >= 11 is 1.54. The quantitative estimate of drug-likeness (QED) is 0.592. The third-order valence-electron chi connectivity index (χ3n) is 3.39. The molecule has 1 amide bonds. The molecule has 0 unspecified atom stereocenters. The monoisotopic (exact) mass is 325 g/mol. The molecule has 0 atom stereocenters. The minimum absolute atomic E-state index is 0.0671. The smallest absolute Gasteiger partial charge is 0.245 e. The SMILES string of the molecule is CC(=O)n1cc(/C=N\NC(=O)Cc2cccs2)c2ccccc21. The summed E-state index contributed by atoms with van der Waals surface area (Å²) in [6.45, 7) is 1.51. The Hall–Kier alpha value is -2.73. The molecular weight excluding hydrogens is 310 g/mol. The van der Waals surface area contributed by atoms with E-state index >= 15 is 0 Å². The van der Waals surface area contributed by atoms with Crippen molar-refractivity contribution in [3.63, 3.8) is 0 Å². The van der Waals surface area contributed by atoms with E-state index in [1.807, 2.05) is 41.8 Å². The molecule has 116 valence electrons. The van der Waals surface area contributed by atoms with Crippen molar-refractivity contribution in [2.45, 2.75) is 13.3 Å². The summed E-state index contributed by atoms with van der Waals surface area (Å²) in [6.07, 6.45) is 3.60. The average molecular weight is 325 g/mol. The van der Waals surface area contributed by atoms with Crippen molar-refractivity contribution in [3.8, 4) is 0 Å². The number of thiophene rings is 1. The van der Waals surface area contributed by atoms with Gasteiger partial charge in [0.25, 0.3) is 0 Å². The molecule has 6 heteroatoms. The van der Waals surface area contributed by atoms with Gasteiger partial charge in [-0.15, -0.1) is 11.3 Å². The Balaban J connectivity index is 1.76. The molecule has 0 radical (unpaired) electrons. The van der Waals surface area contributed by atoms with Gasteiger partial charge in [-0.2, -0.15) is 5.10 Å². The second-order valence-electron chi connectivity index (χ2n) is 5.04. The van der Waals surface area contributed by atoms with Crippen LogP contribution < -0.4 is 5.43 Å². The molecule has 3 rings (SSSR count). The van der Waals surface area contributed by atoms with E-state index in [0.717, 1.165) is 21.3 Å². The normalized spacial score (nSPS) is 11.2. The summed E-state index contributed by atoms with van der Waals surface area (Å²) in [4.78, 5) is 24.5. The minimum atomic E-state index is -0.168. The van der Waals surface area contributed by atoms with Crippen LogP contribution in [0.3, 0.4) is 0 Å². The van der Waals surface area contributed by atoms with Crippen molar-refractivity contribution < 1.29 is 9.59 Å². The molecule has 23 heavy (non-hydrogen) atoms.